The lowest BCUT2D eigenvalue weighted by Crippen LogP contribution is -2.31. The first-order valence-electron chi connectivity index (χ1n) is 7.70. The number of aryl methyl sites for hydroxylation is 1. The molecule has 3 rings (SSSR count). The molecule has 0 N–H and O–H groups in total. The van der Waals surface area contributed by atoms with Gasteiger partial charge >= 0.3 is 0 Å². The molecule has 1 unspecified atom stereocenters. The van der Waals surface area contributed by atoms with E-state index in [0.717, 1.165) is 5.69 Å². The third kappa shape index (κ3) is 3.61. The Bertz CT molecular complexity index is 940. The molecule has 1 fully saturated rings. The van der Waals surface area contributed by atoms with Gasteiger partial charge in [-0.1, -0.05) is 11.6 Å². The average Bonchev–Trinajstić information content (AvgIpc) is 3.06. The number of rotatable bonds is 4. The summed E-state index contributed by atoms with van der Waals surface area (Å²) in [7, 11) is -3.78. The van der Waals surface area contributed by atoms with Crippen molar-refractivity contribution in [2.24, 2.45) is 0 Å². The molecule has 0 aliphatic carbocycles. The van der Waals surface area contributed by atoms with Crippen LogP contribution in [0.3, 0.4) is 0 Å². The topological polar surface area (TPSA) is 83.3 Å². The van der Waals surface area contributed by atoms with Gasteiger partial charge in [0.2, 0.25) is 10.0 Å². The highest BCUT2D eigenvalue weighted by atomic mass is 35.5. The Morgan fingerprint density at radius 3 is 2.92 bits per heavy atom. The molecule has 0 spiro atoms. The van der Waals surface area contributed by atoms with Crippen molar-refractivity contribution < 1.29 is 13.2 Å². The molecule has 8 heteroatoms. The SMILES string of the molecule is Cc1ncccc1OC1CCN(S(=O)(=O)c2ccc(Cl)cc2C#N)C1. The molecule has 1 atom stereocenters. The summed E-state index contributed by atoms with van der Waals surface area (Å²) in [6.07, 6.45) is 2.00. The molecule has 1 aliphatic rings. The van der Waals surface area contributed by atoms with Crippen molar-refractivity contribution >= 4 is 21.6 Å². The first kappa shape index (κ1) is 17.7. The maximum atomic E-state index is 12.9. The minimum atomic E-state index is -3.78. The van der Waals surface area contributed by atoms with Gasteiger partial charge in [0, 0.05) is 17.8 Å². The standard InChI is InChI=1S/C17H16ClN3O3S/c1-12-16(3-2-7-20-12)24-15-6-8-21(11-15)25(22,23)17-5-4-14(18)9-13(17)10-19/h2-5,7,9,15H,6,8,11H2,1H3. The molecule has 1 aromatic carbocycles. The summed E-state index contributed by atoms with van der Waals surface area (Å²) >= 11 is 5.85. The van der Waals surface area contributed by atoms with Crippen molar-refractivity contribution in [1.29, 1.82) is 5.26 Å². The highest BCUT2D eigenvalue weighted by Crippen LogP contribution is 2.28. The maximum absolute atomic E-state index is 12.9. The average molecular weight is 378 g/mol. The summed E-state index contributed by atoms with van der Waals surface area (Å²) in [6.45, 7) is 2.40. The molecule has 0 amide bonds. The molecule has 0 saturated carbocycles. The maximum Gasteiger partial charge on any atom is 0.244 e. The lowest BCUT2D eigenvalue weighted by molar-refractivity contribution is 0.213. The van der Waals surface area contributed by atoms with E-state index in [1.807, 2.05) is 19.1 Å². The minimum Gasteiger partial charge on any atom is -0.487 e. The number of nitriles is 1. The van der Waals surface area contributed by atoms with E-state index in [0.29, 0.717) is 23.7 Å². The fraction of sp³-hybridized carbons (Fsp3) is 0.294. The normalized spacial score (nSPS) is 18.0. The molecule has 1 aromatic heterocycles. The van der Waals surface area contributed by atoms with Gasteiger partial charge in [0.05, 0.1) is 17.8 Å². The van der Waals surface area contributed by atoms with E-state index in [9.17, 15) is 13.7 Å². The van der Waals surface area contributed by atoms with Crippen LogP contribution in [0.2, 0.25) is 5.02 Å². The molecule has 2 aromatic rings. The van der Waals surface area contributed by atoms with E-state index in [4.69, 9.17) is 16.3 Å². The second kappa shape index (κ2) is 7.00. The fourth-order valence-corrected chi connectivity index (χ4v) is 4.52. The third-order valence-electron chi connectivity index (χ3n) is 4.04. The number of sulfonamides is 1. The summed E-state index contributed by atoms with van der Waals surface area (Å²) in [6, 6.07) is 9.68. The third-order valence-corrected chi connectivity index (χ3v) is 6.20. The van der Waals surface area contributed by atoms with Crippen molar-refractivity contribution in [3.63, 3.8) is 0 Å². The molecule has 6 nitrogen and oxygen atoms in total. The van der Waals surface area contributed by atoms with E-state index in [1.165, 1.54) is 22.5 Å². The van der Waals surface area contributed by atoms with E-state index in [1.54, 1.807) is 12.3 Å². The largest absolute Gasteiger partial charge is 0.487 e. The lowest BCUT2D eigenvalue weighted by atomic mass is 10.2. The number of ether oxygens (including phenoxy) is 1. The van der Waals surface area contributed by atoms with E-state index < -0.39 is 10.0 Å². The molecule has 0 radical (unpaired) electrons. The van der Waals surface area contributed by atoms with Gasteiger partial charge in [-0.3, -0.25) is 4.98 Å². The van der Waals surface area contributed by atoms with Crippen LogP contribution in [0.25, 0.3) is 0 Å². The Morgan fingerprint density at radius 2 is 2.20 bits per heavy atom. The van der Waals surface area contributed by atoms with E-state index >= 15 is 0 Å². The van der Waals surface area contributed by atoms with E-state index in [-0.39, 0.29) is 23.1 Å². The highest BCUT2D eigenvalue weighted by Gasteiger charge is 2.35. The van der Waals surface area contributed by atoms with E-state index in [2.05, 4.69) is 4.98 Å². The zero-order valence-electron chi connectivity index (χ0n) is 13.5. The van der Waals surface area contributed by atoms with Gasteiger partial charge in [-0.15, -0.1) is 0 Å². The van der Waals surface area contributed by atoms with Crippen LogP contribution in [0, 0.1) is 18.3 Å². The fourth-order valence-electron chi connectivity index (χ4n) is 2.74. The first-order valence-corrected chi connectivity index (χ1v) is 9.51. The number of halogens is 1. The summed E-state index contributed by atoms with van der Waals surface area (Å²) in [5.41, 5.74) is 0.799. The predicted molar refractivity (Wildman–Crippen MR) is 92.9 cm³/mol. The second-order valence-electron chi connectivity index (χ2n) is 5.73. The van der Waals surface area contributed by atoms with Crippen molar-refractivity contribution in [3.8, 4) is 11.8 Å². The number of nitrogens with zero attached hydrogens (tertiary/aromatic N) is 3. The van der Waals surface area contributed by atoms with Crippen LogP contribution in [0.4, 0.5) is 0 Å². The molecule has 130 valence electrons. The minimum absolute atomic E-state index is 0.0300. The molecular weight excluding hydrogens is 362 g/mol. The molecule has 1 aliphatic heterocycles. The zero-order valence-corrected chi connectivity index (χ0v) is 15.1. The van der Waals surface area contributed by atoms with Gasteiger partial charge in [-0.25, -0.2) is 8.42 Å². The smallest absolute Gasteiger partial charge is 0.244 e. The van der Waals surface area contributed by atoms with Gasteiger partial charge in [0.25, 0.3) is 0 Å². The Hall–Kier alpha value is -2.14. The van der Waals surface area contributed by atoms with Crippen LogP contribution in [-0.2, 0) is 10.0 Å². The summed E-state index contributed by atoms with van der Waals surface area (Å²) in [5, 5.41) is 9.53. The van der Waals surface area contributed by atoms with Crippen LogP contribution >= 0.6 is 11.6 Å². The Balaban J connectivity index is 1.80. The monoisotopic (exact) mass is 377 g/mol. The highest BCUT2D eigenvalue weighted by molar-refractivity contribution is 7.89. The lowest BCUT2D eigenvalue weighted by Gasteiger charge is -2.18. The Labute approximate surface area is 151 Å². The quantitative estimate of drug-likeness (QED) is 0.818. The number of benzene rings is 1. The summed E-state index contributed by atoms with van der Waals surface area (Å²) < 4.78 is 32.9. The summed E-state index contributed by atoms with van der Waals surface area (Å²) in [4.78, 5) is 4.13. The van der Waals surface area contributed by atoms with Crippen LogP contribution < -0.4 is 4.74 Å². The van der Waals surface area contributed by atoms with Crippen LogP contribution in [0.1, 0.15) is 17.7 Å². The number of hydrogen-bond acceptors (Lipinski definition) is 5. The molecule has 0 bridgehead atoms. The van der Waals surface area contributed by atoms with Gasteiger partial charge in [-0.05, 0) is 43.7 Å². The van der Waals surface area contributed by atoms with Crippen LogP contribution in [-0.4, -0.2) is 36.9 Å². The first-order chi connectivity index (χ1) is 11.9. The molecular formula is C17H16ClN3O3S. The van der Waals surface area contributed by atoms with Gasteiger partial charge in [0.15, 0.2) is 0 Å². The van der Waals surface area contributed by atoms with Crippen molar-refractivity contribution in [1.82, 2.24) is 9.29 Å². The Kier molecular flexibility index (Phi) is 4.95. The second-order valence-corrected chi connectivity index (χ2v) is 8.07. The number of aromatic nitrogens is 1. The van der Waals surface area contributed by atoms with Crippen LogP contribution in [0.15, 0.2) is 41.4 Å². The van der Waals surface area contributed by atoms with Gasteiger partial charge in [-0.2, -0.15) is 9.57 Å². The molecule has 1 saturated heterocycles. The van der Waals surface area contributed by atoms with Crippen molar-refractivity contribution in [2.75, 3.05) is 13.1 Å². The van der Waals surface area contributed by atoms with Crippen molar-refractivity contribution in [3.05, 3.63) is 52.8 Å². The summed E-state index contributed by atoms with van der Waals surface area (Å²) in [5.74, 6) is 0.649. The van der Waals surface area contributed by atoms with Gasteiger partial charge in [0.1, 0.15) is 22.8 Å². The molecule has 25 heavy (non-hydrogen) atoms. The number of hydrogen-bond donors (Lipinski definition) is 0. The van der Waals surface area contributed by atoms with Crippen molar-refractivity contribution in [2.45, 2.75) is 24.3 Å². The van der Waals surface area contributed by atoms with Crippen LogP contribution in [0.5, 0.6) is 5.75 Å². The molecule has 2 heterocycles. The number of pyridine rings is 1. The Morgan fingerprint density at radius 1 is 1.40 bits per heavy atom. The predicted octanol–water partition coefficient (Wildman–Crippen LogP) is 2.76. The zero-order chi connectivity index (χ0) is 18.0. The van der Waals surface area contributed by atoms with Gasteiger partial charge < -0.3 is 4.74 Å².